The average molecular weight is 395 g/mol. The van der Waals surface area contributed by atoms with E-state index in [9.17, 15) is 13.2 Å². The molecule has 0 saturated carbocycles. The minimum Gasteiger partial charge on any atom is -0.352 e. The van der Waals surface area contributed by atoms with Crippen LogP contribution in [-0.2, 0) is 16.4 Å². The van der Waals surface area contributed by atoms with E-state index in [2.05, 4.69) is 17.4 Å². The molecule has 7 heteroatoms. The molecule has 2 aromatic rings. The molecule has 0 heterocycles. The van der Waals surface area contributed by atoms with E-state index >= 15 is 0 Å². The van der Waals surface area contributed by atoms with Crippen molar-refractivity contribution in [3.05, 3.63) is 64.7 Å². The lowest BCUT2D eigenvalue weighted by Crippen LogP contribution is -2.26. The van der Waals surface area contributed by atoms with Gasteiger partial charge in [-0.1, -0.05) is 41.9 Å². The van der Waals surface area contributed by atoms with Crippen molar-refractivity contribution < 1.29 is 13.2 Å². The molecule has 0 unspecified atom stereocenters. The molecule has 1 amide bonds. The second-order valence-corrected chi connectivity index (χ2v) is 8.69. The fourth-order valence-corrected chi connectivity index (χ4v) is 3.58. The van der Waals surface area contributed by atoms with E-state index in [0.717, 1.165) is 23.6 Å². The van der Waals surface area contributed by atoms with Crippen molar-refractivity contribution in [1.29, 1.82) is 0 Å². The summed E-state index contributed by atoms with van der Waals surface area (Å²) in [7, 11) is -0.733. The molecule has 0 bridgehead atoms. The first-order valence-corrected chi connectivity index (χ1v) is 10.2. The number of hydrogen-bond donors (Lipinski definition) is 1. The third-order valence-corrected chi connectivity index (χ3v) is 6.12. The van der Waals surface area contributed by atoms with Gasteiger partial charge < -0.3 is 5.32 Å². The van der Waals surface area contributed by atoms with Gasteiger partial charge in [0.05, 0.1) is 15.5 Å². The number of nitrogens with zero attached hydrogens (tertiary/aromatic N) is 1. The normalized spacial score (nSPS) is 11.5. The molecule has 0 aliphatic carbocycles. The number of hydrogen-bond acceptors (Lipinski definition) is 3. The standard InChI is InChI=1S/C19H23ClN2O3S/c1-22(2)26(24,25)16-11-12-18(20)17(14-16)19(23)21-13-7-6-10-15-8-4-3-5-9-15/h3-5,8-9,11-12,14H,6-7,10,13H2,1-2H3,(H,21,23). The maximum absolute atomic E-state index is 12.3. The molecule has 140 valence electrons. The zero-order chi connectivity index (χ0) is 19.2. The Balaban J connectivity index is 1.93. The second-order valence-electron chi connectivity index (χ2n) is 6.13. The van der Waals surface area contributed by atoms with Crippen LogP contribution < -0.4 is 5.32 Å². The molecule has 0 atom stereocenters. The minimum atomic E-state index is -3.61. The van der Waals surface area contributed by atoms with Gasteiger partial charge >= 0.3 is 0 Å². The second kappa shape index (κ2) is 9.16. The zero-order valence-electron chi connectivity index (χ0n) is 14.9. The van der Waals surface area contributed by atoms with Gasteiger partial charge in [-0.3, -0.25) is 4.79 Å². The van der Waals surface area contributed by atoms with E-state index in [-0.39, 0.29) is 21.4 Å². The molecule has 26 heavy (non-hydrogen) atoms. The van der Waals surface area contributed by atoms with Crippen molar-refractivity contribution in [2.45, 2.75) is 24.2 Å². The number of carbonyl (C=O) groups excluding carboxylic acids is 1. The van der Waals surface area contributed by atoms with Gasteiger partial charge in [0.15, 0.2) is 0 Å². The summed E-state index contributed by atoms with van der Waals surface area (Å²) in [5.41, 5.74) is 1.43. The first kappa shape index (κ1) is 20.4. The van der Waals surface area contributed by atoms with Crippen LogP contribution in [0.25, 0.3) is 0 Å². The van der Waals surface area contributed by atoms with Gasteiger partial charge in [0.2, 0.25) is 10.0 Å². The van der Waals surface area contributed by atoms with Crippen molar-refractivity contribution in [3.8, 4) is 0 Å². The van der Waals surface area contributed by atoms with E-state index in [4.69, 9.17) is 11.6 Å². The first-order chi connectivity index (χ1) is 12.3. The van der Waals surface area contributed by atoms with Crippen LogP contribution in [0.4, 0.5) is 0 Å². The number of unbranched alkanes of at least 4 members (excludes halogenated alkanes) is 1. The summed E-state index contributed by atoms with van der Waals surface area (Å²) < 4.78 is 25.5. The number of amides is 1. The quantitative estimate of drug-likeness (QED) is 0.698. The molecule has 1 N–H and O–H groups in total. The van der Waals surface area contributed by atoms with Gasteiger partial charge in [-0.15, -0.1) is 0 Å². The Morgan fingerprint density at radius 1 is 1.08 bits per heavy atom. The molecule has 0 spiro atoms. The third kappa shape index (κ3) is 5.30. The Bertz CT molecular complexity index is 852. The summed E-state index contributed by atoms with van der Waals surface area (Å²) in [6, 6.07) is 14.3. The highest BCUT2D eigenvalue weighted by Crippen LogP contribution is 2.22. The summed E-state index contributed by atoms with van der Waals surface area (Å²) in [4.78, 5) is 12.4. The predicted octanol–water partition coefficient (Wildman–Crippen LogP) is 3.34. The molecule has 5 nitrogen and oxygen atoms in total. The molecule has 0 aliphatic rings. The molecule has 0 radical (unpaired) electrons. The van der Waals surface area contributed by atoms with Crippen LogP contribution in [0.5, 0.6) is 0 Å². The fourth-order valence-electron chi connectivity index (χ4n) is 2.45. The molecule has 0 saturated heterocycles. The van der Waals surface area contributed by atoms with Gasteiger partial charge in [-0.2, -0.15) is 0 Å². The van der Waals surface area contributed by atoms with Crippen molar-refractivity contribution in [2.24, 2.45) is 0 Å². The van der Waals surface area contributed by atoms with Crippen LogP contribution in [-0.4, -0.2) is 39.3 Å². The third-order valence-electron chi connectivity index (χ3n) is 3.98. The largest absolute Gasteiger partial charge is 0.352 e. The van der Waals surface area contributed by atoms with Crippen LogP contribution in [0, 0.1) is 0 Å². The van der Waals surface area contributed by atoms with Crippen molar-refractivity contribution in [2.75, 3.05) is 20.6 Å². The molecular weight excluding hydrogens is 372 g/mol. The number of carbonyl (C=O) groups is 1. The summed E-state index contributed by atoms with van der Waals surface area (Å²) in [5, 5.41) is 3.03. The highest BCUT2D eigenvalue weighted by Gasteiger charge is 2.20. The Morgan fingerprint density at radius 2 is 1.77 bits per heavy atom. The minimum absolute atomic E-state index is 0.0427. The summed E-state index contributed by atoms with van der Waals surface area (Å²) in [6.07, 6.45) is 2.73. The molecule has 2 rings (SSSR count). The molecular formula is C19H23ClN2O3S. The van der Waals surface area contributed by atoms with Gasteiger partial charge in [-0.25, -0.2) is 12.7 Å². The lowest BCUT2D eigenvalue weighted by molar-refractivity contribution is 0.0953. The number of sulfonamides is 1. The van der Waals surface area contributed by atoms with Crippen molar-refractivity contribution >= 4 is 27.5 Å². The molecule has 0 fully saturated rings. The predicted molar refractivity (Wildman–Crippen MR) is 104 cm³/mol. The van der Waals surface area contributed by atoms with E-state index in [1.54, 1.807) is 0 Å². The Morgan fingerprint density at radius 3 is 2.42 bits per heavy atom. The Hall–Kier alpha value is -1.89. The lowest BCUT2D eigenvalue weighted by atomic mass is 10.1. The van der Waals surface area contributed by atoms with Crippen molar-refractivity contribution in [1.82, 2.24) is 9.62 Å². The Labute approximate surface area is 160 Å². The van der Waals surface area contributed by atoms with Gasteiger partial charge in [-0.05, 0) is 43.0 Å². The van der Waals surface area contributed by atoms with E-state index in [0.29, 0.717) is 6.54 Å². The first-order valence-electron chi connectivity index (χ1n) is 8.36. The maximum Gasteiger partial charge on any atom is 0.252 e. The summed E-state index contributed by atoms with van der Waals surface area (Å²) in [6.45, 7) is 0.507. The average Bonchev–Trinajstić information content (AvgIpc) is 2.62. The summed E-state index contributed by atoms with van der Waals surface area (Å²) in [5.74, 6) is -0.370. The maximum atomic E-state index is 12.3. The number of benzene rings is 2. The molecule has 2 aromatic carbocycles. The smallest absolute Gasteiger partial charge is 0.252 e. The Kier molecular flexibility index (Phi) is 7.20. The molecule has 0 aliphatic heterocycles. The highest BCUT2D eigenvalue weighted by atomic mass is 35.5. The van der Waals surface area contributed by atoms with Crippen molar-refractivity contribution in [3.63, 3.8) is 0 Å². The lowest BCUT2D eigenvalue weighted by Gasteiger charge is -2.13. The number of rotatable bonds is 8. The monoisotopic (exact) mass is 394 g/mol. The van der Waals surface area contributed by atoms with Gasteiger partial charge in [0.1, 0.15) is 0 Å². The fraction of sp³-hybridized carbons (Fsp3) is 0.316. The van der Waals surface area contributed by atoms with E-state index < -0.39 is 10.0 Å². The molecule has 0 aromatic heterocycles. The SMILES string of the molecule is CN(C)S(=O)(=O)c1ccc(Cl)c(C(=O)NCCCCc2ccccc2)c1. The highest BCUT2D eigenvalue weighted by molar-refractivity contribution is 7.89. The van der Waals surface area contributed by atoms with Crippen LogP contribution in [0.15, 0.2) is 53.4 Å². The van der Waals surface area contributed by atoms with Crippen LogP contribution in [0.3, 0.4) is 0 Å². The van der Waals surface area contributed by atoms with Crippen LogP contribution in [0.1, 0.15) is 28.8 Å². The number of aryl methyl sites for hydroxylation is 1. The number of nitrogens with one attached hydrogen (secondary N) is 1. The van der Waals surface area contributed by atoms with Gasteiger partial charge in [0, 0.05) is 20.6 Å². The number of halogens is 1. The van der Waals surface area contributed by atoms with E-state index in [1.807, 2.05) is 18.2 Å². The topological polar surface area (TPSA) is 66.5 Å². The van der Waals surface area contributed by atoms with Crippen LogP contribution >= 0.6 is 11.6 Å². The van der Waals surface area contributed by atoms with Gasteiger partial charge in [0.25, 0.3) is 5.91 Å². The zero-order valence-corrected chi connectivity index (χ0v) is 16.5. The van der Waals surface area contributed by atoms with E-state index in [1.165, 1.54) is 37.9 Å². The summed E-state index contributed by atoms with van der Waals surface area (Å²) >= 11 is 6.07. The van der Waals surface area contributed by atoms with Crippen LogP contribution in [0.2, 0.25) is 5.02 Å².